The number of benzene rings is 2. The third-order valence-corrected chi connectivity index (χ3v) is 5.99. The molecule has 2 aromatic rings. The van der Waals surface area contributed by atoms with E-state index in [0.29, 0.717) is 25.0 Å². The van der Waals surface area contributed by atoms with Gasteiger partial charge in [-0.15, -0.1) is 0 Å². The number of nitrogens with one attached hydrogen (secondary N) is 1. The summed E-state index contributed by atoms with van der Waals surface area (Å²) in [5, 5.41) is 3.27. The number of rotatable bonds is 6. The Morgan fingerprint density at radius 1 is 1.09 bits per heavy atom. The minimum absolute atomic E-state index is 0.0265. The van der Waals surface area contributed by atoms with Crippen LogP contribution in [0.1, 0.15) is 48.1 Å². The van der Waals surface area contributed by atoms with Crippen molar-refractivity contribution in [3.63, 3.8) is 0 Å². The van der Waals surface area contributed by atoms with Crippen molar-refractivity contribution in [3.8, 4) is 0 Å². The van der Waals surface area contributed by atoms with E-state index in [4.69, 9.17) is 10.5 Å². The molecule has 1 unspecified atom stereocenters. The van der Waals surface area contributed by atoms with Gasteiger partial charge in [0, 0.05) is 6.54 Å². The summed E-state index contributed by atoms with van der Waals surface area (Å²) < 4.78 is 85.1. The maximum atomic E-state index is 13.2. The predicted octanol–water partition coefficient (Wildman–Crippen LogP) is 5.18. The predicted molar refractivity (Wildman–Crippen MR) is 109 cm³/mol. The van der Waals surface area contributed by atoms with Crippen LogP contribution < -0.4 is 11.1 Å². The average Bonchev–Trinajstić information content (AvgIpc) is 2.76. The average molecular weight is 474 g/mol. The van der Waals surface area contributed by atoms with E-state index < -0.39 is 41.0 Å². The first-order valence-corrected chi connectivity index (χ1v) is 10.3. The van der Waals surface area contributed by atoms with Gasteiger partial charge in [0.15, 0.2) is 0 Å². The van der Waals surface area contributed by atoms with Crippen LogP contribution in [0.2, 0.25) is 0 Å². The molecule has 1 saturated heterocycles. The van der Waals surface area contributed by atoms with Crippen molar-refractivity contribution in [1.29, 1.82) is 0 Å². The quantitative estimate of drug-likeness (QED) is 0.567. The number of carbonyl (C=O) groups is 1. The van der Waals surface area contributed by atoms with Crippen molar-refractivity contribution in [1.82, 2.24) is 5.32 Å². The molecule has 0 aromatic heterocycles. The van der Waals surface area contributed by atoms with Gasteiger partial charge in [-0.05, 0) is 49.1 Å². The molecule has 10 heteroatoms. The van der Waals surface area contributed by atoms with Gasteiger partial charge in [0.05, 0.1) is 35.3 Å². The summed E-state index contributed by atoms with van der Waals surface area (Å²) in [4.78, 5) is 11.5. The SMILES string of the molecule is CC(OC[C@@]1(c2ccccc2)CC[C@H](C(N)=O)CN1)c1cc(C(F)(F)F)cc(C(F)(F)F)c1. The maximum absolute atomic E-state index is 13.2. The molecule has 1 amide bonds. The summed E-state index contributed by atoms with van der Waals surface area (Å²) in [7, 11) is 0. The van der Waals surface area contributed by atoms with E-state index in [0.717, 1.165) is 5.56 Å². The first kappa shape index (κ1) is 25.0. The molecule has 0 radical (unpaired) electrons. The van der Waals surface area contributed by atoms with Crippen LogP contribution >= 0.6 is 0 Å². The largest absolute Gasteiger partial charge is 0.416 e. The Morgan fingerprint density at radius 3 is 2.12 bits per heavy atom. The lowest BCUT2D eigenvalue weighted by Gasteiger charge is -2.41. The Morgan fingerprint density at radius 2 is 1.67 bits per heavy atom. The van der Waals surface area contributed by atoms with Gasteiger partial charge in [0.25, 0.3) is 0 Å². The molecule has 33 heavy (non-hydrogen) atoms. The number of amides is 1. The normalized spacial score (nSPS) is 22.7. The zero-order valence-electron chi connectivity index (χ0n) is 17.8. The third-order valence-electron chi connectivity index (χ3n) is 5.99. The van der Waals surface area contributed by atoms with Gasteiger partial charge in [-0.25, -0.2) is 0 Å². The van der Waals surface area contributed by atoms with Gasteiger partial charge in [0.1, 0.15) is 0 Å². The molecule has 3 N–H and O–H groups in total. The number of hydrogen-bond acceptors (Lipinski definition) is 3. The number of carbonyl (C=O) groups excluding carboxylic acids is 1. The van der Waals surface area contributed by atoms with Gasteiger partial charge in [-0.1, -0.05) is 30.3 Å². The second kappa shape index (κ2) is 9.34. The first-order chi connectivity index (χ1) is 15.3. The Kier molecular flexibility index (Phi) is 7.09. The summed E-state index contributed by atoms with van der Waals surface area (Å²) in [6.07, 6.45) is -10.00. The molecule has 3 atom stereocenters. The number of ether oxygens (including phenoxy) is 1. The molecule has 1 heterocycles. The first-order valence-electron chi connectivity index (χ1n) is 10.3. The summed E-state index contributed by atoms with van der Waals surface area (Å²) >= 11 is 0. The molecule has 2 aromatic carbocycles. The smallest absolute Gasteiger partial charge is 0.372 e. The van der Waals surface area contributed by atoms with Gasteiger partial charge in [-0.2, -0.15) is 26.3 Å². The number of piperidine rings is 1. The number of hydrogen-bond donors (Lipinski definition) is 2. The second-order valence-corrected chi connectivity index (χ2v) is 8.26. The molecular weight excluding hydrogens is 450 g/mol. The van der Waals surface area contributed by atoms with Crippen LogP contribution in [0.5, 0.6) is 0 Å². The van der Waals surface area contributed by atoms with Crippen molar-refractivity contribution in [3.05, 3.63) is 70.8 Å². The summed E-state index contributed by atoms with van der Waals surface area (Å²) in [5.74, 6) is -0.820. The van der Waals surface area contributed by atoms with E-state index in [2.05, 4.69) is 5.32 Å². The van der Waals surface area contributed by atoms with E-state index in [9.17, 15) is 31.1 Å². The molecule has 3 rings (SSSR count). The Labute approximate surface area is 187 Å². The van der Waals surface area contributed by atoms with Crippen LogP contribution in [0, 0.1) is 5.92 Å². The summed E-state index contributed by atoms with van der Waals surface area (Å²) in [5.41, 5.74) is 2.46. The molecule has 0 aliphatic carbocycles. The van der Waals surface area contributed by atoms with E-state index >= 15 is 0 Å². The highest BCUT2D eigenvalue weighted by molar-refractivity contribution is 5.77. The standard InChI is InChI=1S/C23H24F6N2O2/c1-14(16-9-18(22(24,25)26)11-19(10-16)23(27,28)29)33-13-21(17-5-3-2-4-6-17)8-7-15(12-31-21)20(30)32/h2-6,9-11,14-15,31H,7-8,12-13H2,1H3,(H2,30,32)/t14?,15-,21+/m0/s1. The van der Waals surface area contributed by atoms with Gasteiger partial charge in [0.2, 0.25) is 5.91 Å². The molecule has 0 spiro atoms. The molecule has 0 bridgehead atoms. The van der Waals surface area contributed by atoms with Gasteiger partial charge < -0.3 is 15.8 Å². The van der Waals surface area contributed by atoms with Crippen LogP contribution in [0.15, 0.2) is 48.5 Å². The Balaban J connectivity index is 1.87. The molecule has 1 aliphatic rings. The highest BCUT2D eigenvalue weighted by atomic mass is 19.4. The second-order valence-electron chi connectivity index (χ2n) is 8.26. The highest BCUT2D eigenvalue weighted by Gasteiger charge is 2.40. The molecule has 1 fully saturated rings. The molecule has 4 nitrogen and oxygen atoms in total. The summed E-state index contributed by atoms with van der Waals surface area (Å²) in [6, 6.07) is 10.6. The lowest BCUT2D eigenvalue weighted by atomic mass is 9.79. The van der Waals surface area contributed by atoms with E-state index in [1.807, 2.05) is 30.3 Å². The van der Waals surface area contributed by atoms with Crippen molar-refractivity contribution < 1.29 is 35.9 Å². The fourth-order valence-corrected chi connectivity index (χ4v) is 3.96. The fraction of sp³-hybridized carbons (Fsp3) is 0.435. The van der Waals surface area contributed by atoms with Crippen molar-refractivity contribution in [2.75, 3.05) is 13.2 Å². The molecule has 1 aliphatic heterocycles. The number of primary amides is 1. The minimum Gasteiger partial charge on any atom is -0.372 e. The highest BCUT2D eigenvalue weighted by Crippen LogP contribution is 2.39. The molecule has 180 valence electrons. The lowest BCUT2D eigenvalue weighted by Crippen LogP contribution is -2.54. The van der Waals surface area contributed by atoms with Crippen LogP contribution in [-0.4, -0.2) is 19.1 Å². The molecular formula is C23H24F6N2O2. The van der Waals surface area contributed by atoms with Crippen molar-refractivity contribution in [2.24, 2.45) is 11.7 Å². The van der Waals surface area contributed by atoms with Crippen molar-refractivity contribution >= 4 is 5.91 Å². The third kappa shape index (κ3) is 5.86. The van der Waals surface area contributed by atoms with Crippen LogP contribution in [0.25, 0.3) is 0 Å². The van der Waals surface area contributed by atoms with Gasteiger partial charge >= 0.3 is 12.4 Å². The Hall–Kier alpha value is -2.59. The maximum Gasteiger partial charge on any atom is 0.416 e. The van der Waals surface area contributed by atoms with Crippen LogP contribution in [0.4, 0.5) is 26.3 Å². The van der Waals surface area contributed by atoms with Gasteiger partial charge in [-0.3, -0.25) is 4.79 Å². The molecule has 0 saturated carbocycles. The topological polar surface area (TPSA) is 64.3 Å². The van der Waals surface area contributed by atoms with E-state index in [-0.39, 0.29) is 30.7 Å². The summed E-state index contributed by atoms with van der Waals surface area (Å²) in [6.45, 7) is 1.66. The zero-order chi connectivity index (χ0) is 24.4. The zero-order valence-corrected chi connectivity index (χ0v) is 17.8. The van der Waals surface area contributed by atoms with E-state index in [1.54, 1.807) is 0 Å². The van der Waals surface area contributed by atoms with Crippen LogP contribution in [-0.2, 0) is 27.4 Å². The fourth-order valence-electron chi connectivity index (χ4n) is 3.96. The van der Waals surface area contributed by atoms with Crippen molar-refractivity contribution in [2.45, 2.75) is 43.8 Å². The minimum atomic E-state index is -4.93. The number of alkyl halides is 6. The Bertz CT molecular complexity index is 935. The lowest BCUT2D eigenvalue weighted by molar-refractivity contribution is -0.143. The van der Waals surface area contributed by atoms with E-state index in [1.165, 1.54) is 6.92 Å². The number of nitrogens with two attached hydrogens (primary N) is 1. The number of halogens is 6. The monoisotopic (exact) mass is 474 g/mol. The van der Waals surface area contributed by atoms with Crippen LogP contribution in [0.3, 0.4) is 0 Å².